The van der Waals surface area contributed by atoms with Crippen molar-refractivity contribution in [2.75, 3.05) is 6.61 Å². The monoisotopic (exact) mass is 490 g/mol. The van der Waals surface area contributed by atoms with E-state index in [2.05, 4.69) is 17.1 Å². The number of hydrogen-bond acceptors (Lipinski definition) is 6. The molecule has 1 heterocycles. The van der Waals surface area contributed by atoms with Crippen LogP contribution in [0, 0.1) is 0 Å². The summed E-state index contributed by atoms with van der Waals surface area (Å²) >= 11 is 1.64. The normalized spacial score (nSPS) is 12.1. The van der Waals surface area contributed by atoms with E-state index in [9.17, 15) is 9.90 Å². The van der Waals surface area contributed by atoms with Crippen LogP contribution in [0.4, 0.5) is 0 Å². The molecule has 1 aromatic heterocycles. The number of hydrogen-bond donors (Lipinski definition) is 2. The van der Waals surface area contributed by atoms with E-state index >= 15 is 0 Å². The van der Waals surface area contributed by atoms with Gasteiger partial charge in [0, 0.05) is 18.4 Å². The highest BCUT2D eigenvalue weighted by Gasteiger charge is 2.13. The second kappa shape index (κ2) is 17.4. The molecule has 0 radical (unpaired) electrons. The van der Waals surface area contributed by atoms with Gasteiger partial charge in [0.15, 0.2) is 6.10 Å². The summed E-state index contributed by atoms with van der Waals surface area (Å²) in [5.41, 5.74) is 0.993. The van der Waals surface area contributed by atoms with E-state index in [4.69, 9.17) is 9.84 Å². The van der Waals surface area contributed by atoms with Crippen molar-refractivity contribution in [3.05, 3.63) is 29.3 Å². The van der Waals surface area contributed by atoms with Gasteiger partial charge in [0.05, 0.1) is 6.61 Å². The van der Waals surface area contributed by atoms with Gasteiger partial charge in [-0.25, -0.2) is 4.79 Å². The van der Waals surface area contributed by atoms with Crippen LogP contribution in [0.1, 0.15) is 102 Å². The van der Waals surface area contributed by atoms with E-state index in [1.165, 1.54) is 83.5 Å². The highest BCUT2D eigenvalue weighted by Crippen LogP contribution is 2.26. The van der Waals surface area contributed by atoms with Gasteiger partial charge in [-0.2, -0.15) is 0 Å². The van der Waals surface area contributed by atoms with Crippen LogP contribution < -0.4 is 4.74 Å². The molecule has 0 saturated heterocycles. The van der Waals surface area contributed by atoms with Crippen LogP contribution in [0.5, 0.6) is 5.75 Å². The molecule has 0 saturated carbocycles. The number of aliphatic hydroxyl groups is 1. The number of aryl methyl sites for hydroxylation is 1. The van der Waals surface area contributed by atoms with Crippen LogP contribution in [0.2, 0.25) is 0 Å². The van der Waals surface area contributed by atoms with Crippen LogP contribution in [-0.2, 0) is 11.2 Å². The molecule has 0 spiro atoms. The maximum Gasteiger partial charge on any atom is 0.332 e. The number of ether oxygens (including phenoxy) is 1. The lowest BCUT2D eigenvalue weighted by molar-refractivity contribution is -0.147. The highest BCUT2D eigenvalue weighted by atomic mass is 32.1. The van der Waals surface area contributed by atoms with Gasteiger partial charge >= 0.3 is 5.97 Å². The lowest BCUT2D eigenvalue weighted by atomic mass is 10.0. The zero-order chi connectivity index (χ0) is 24.4. The van der Waals surface area contributed by atoms with Gasteiger partial charge < -0.3 is 14.9 Å². The Morgan fingerprint density at radius 2 is 1.44 bits per heavy atom. The molecule has 7 heteroatoms. The Kier molecular flexibility index (Phi) is 14.5. The molecule has 6 nitrogen and oxygen atoms in total. The third-order valence-corrected chi connectivity index (χ3v) is 7.04. The van der Waals surface area contributed by atoms with Crippen LogP contribution in [0.25, 0.3) is 10.6 Å². The van der Waals surface area contributed by atoms with Crippen molar-refractivity contribution >= 4 is 17.3 Å². The number of nitrogens with zero attached hydrogens (tertiary/aromatic N) is 2. The molecule has 0 bridgehead atoms. The number of aromatic nitrogens is 2. The van der Waals surface area contributed by atoms with Gasteiger partial charge in [-0.1, -0.05) is 95.3 Å². The van der Waals surface area contributed by atoms with Crippen LogP contribution in [-0.4, -0.2) is 39.1 Å². The standard InChI is InChI=1S/C27H42N2O4S/c1-2-3-4-5-6-7-8-9-10-11-12-13-14-15-25-28-29-26(34-25)22-16-18-23(19-17-22)33-21-20-24(30)27(31)32/h16-19,24,30H,2-15,20-21H2,1H3,(H,31,32)/t24-/m0/s1. The first-order valence-electron chi connectivity index (χ1n) is 13.1. The maximum atomic E-state index is 10.6. The fourth-order valence-corrected chi connectivity index (χ4v) is 4.76. The van der Waals surface area contributed by atoms with Crippen molar-refractivity contribution < 1.29 is 19.7 Å². The van der Waals surface area contributed by atoms with Crippen molar-refractivity contribution in [1.29, 1.82) is 0 Å². The average Bonchev–Trinajstić information content (AvgIpc) is 3.31. The minimum atomic E-state index is -1.39. The second-order valence-electron chi connectivity index (χ2n) is 9.01. The molecule has 2 N–H and O–H groups in total. The smallest absolute Gasteiger partial charge is 0.332 e. The van der Waals surface area contributed by atoms with Crippen molar-refractivity contribution in [1.82, 2.24) is 10.2 Å². The molecule has 0 aliphatic heterocycles. The zero-order valence-electron chi connectivity index (χ0n) is 20.7. The fraction of sp³-hybridized carbons (Fsp3) is 0.667. The molecule has 0 unspecified atom stereocenters. The third-order valence-electron chi connectivity index (χ3n) is 6.01. The minimum absolute atomic E-state index is 0.0516. The Hall–Kier alpha value is -1.99. The van der Waals surface area contributed by atoms with Crippen LogP contribution in [0.15, 0.2) is 24.3 Å². The zero-order valence-corrected chi connectivity index (χ0v) is 21.5. The van der Waals surface area contributed by atoms with E-state index < -0.39 is 12.1 Å². The molecule has 0 fully saturated rings. The van der Waals surface area contributed by atoms with E-state index in [0.29, 0.717) is 5.75 Å². The van der Waals surface area contributed by atoms with E-state index in [-0.39, 0.29) is 13.0 Å². The number of carboxylic acids is 1. The second-order valence-corrected chi connectivity index (χ2v) is 10.1. The molecule has 0 amide bonds. The number of rotatable bonds is 20. The molecule has 1 atom stereocenters. The summed E-state index contributed by atoms with van der Waals surface area (Å²) < 4.78 is 5.50. The number of aliphatic carboxylic acids is 1. The Morgan fingerprint density at radius 3 is 2.00 bits per heavy atom. The predicted molar refractivity (Wildman–Crippen MR) is 138 cm³/mol. The lowest BCUT2D eigenvalue weighted by Crippen LogP contribution is -2.21. The highest BCUT2D eigenvalue weighted by molar-refractivity contribution is 7.14. The van der Waals surface area contributed by atoms with E-state index in [1.807, 2.05) is 24.3 Å². The lowest BCUT2D eigenvalue weighted by Gasteiger charge is -2.08. The van der Waals surface area contributed by atoms with Gasteiger partial charge in [-0.15, -0.1) is 10.2 Å². The molecule has 2 rings (SSSR count). The summed E-state index contributed by atoms with van der Waals surface area (Å²) in [4.78, 5) is 10.6. The van der Waals surface area contributed by atoms with Crippen LogP contribution >= 0.6 is 11.3 Å². The van der Waals surface area contributed by atoms with Gasteiger partial charge in [0.1, 0.15) is 15.8 Å². The molecule has 2 aromatic rings. The summed E-state index contributed by atoms with van der Waals surface area (Å²) in [5.74, 6) is -0.595. The first kappa shape index (κ1) is 28.2. The number of unbranched alkanes of at least 4 members (excludes halogenated alkanes) is 12. The minimum Gasteiger partial charge on any atom is -0.493 e. The number of carboxylic acid groups (broad SMARTS) is 1. The van der Waals surface area contributed by atoms with E-state index in [1.54, 1.807) is 11.3 Å². The Bertz CT molecular complexity index is 794. The number of carbonyl (C=O) groups is 1. The topological polar surface area (TPSA) is 92.5 Å². The summed E-state index contributed by atoms with van der Waals surface area (Å²) in [6.07, 6.45) is 17.3. The molecule has 34 heavy (non-hydrogen) atoms. The Balaban J connectivity index is 1.54. The molecule has 0 aliphatic rings. The van der Waals surface area contributed by atoms with Crippen LogP contribution in [0.3, 0.4) is 0 Å². The quantitative estimate of drug-likeness (QED) is 0.193. The largest absolute Gasteiger partial charge is 0.493 e. The van der Waals surface area contributed by atoms with Crippen molar-refractivity contribution in [2.24, 2.45) is 0 Å². The summed E-state index contributed by atoms with van der Waals surface area (Å²) in [6.45, 7) is 2.42. The first-order valence-corrected chi connectivity index (χ1v) is 13.9. The average molecular weight is 491 g/mol. The first-order chi connectivity index (χ1) is 16.6. The summed E-state index contributed by atoms with van der Waals surface area (Å²) in [7, 11) is 0. The van der Waals surface area contributed by atoms with E-state index in [0.717, 1.165) is 22.0 Å². The van der Waals surface area contributed by atoms with Gasteiger partial charge in [-0.05, 0) is 30.7 Å². The Labute approximate surface area is 208 Å². The van der Waals surface area contributed by atoms with Gasteiger partial charge in [0.2, 0.25) is 0 Å². The maximum absolute atomic E-state index is 10.6. The third kappa shape index (κ3) is 11.9. The Morgan fingerprint density at radius 1 is 0.882 bits per heavy atom. The number of benzene rings is 1. The fourth-order valence-electron chi connectivity index (χ4n) is 3.87. The van der Waals surface area contributed by atoms with Gasteiger partial charge in [0.25, 0.3) is 0 Å². The van der Waals surface area contributed by atoms with Crippen molar-refractivity contribution in [3.63, 3.8) is 0 Å². The molecule has 0 aliphatic carbocycles. The van der Waals surface area contributed by atoms with Crippen molar-refractivity contribution in [3.8, 4) is 16.3 Å². The molecular formula is C27H42N2O4S. The van der Waals surface area contributed by atoms with Crippen molar-refractivity contribution in [2.45, 2.75) is 109 Å². The number of aliphatic hydroxyl groups excluding tert-OH is 1. The SMILES string of the molecule is CCCCCCCCCCCCCCCc1nnc(-c2ccc(OCC[C@H](O)C(=O)O)cc2)s1. The molecular weight excluding hydrogens is 448 g/mol. The predicted octanol–water partition coefficient (Wildman–Crippen LogP) is 7.05. The van der Waals surface area contributed by atoms with Gasteiger partial charge in [-0.3, -0.25) is 0 Å². The molecule has 1 aromatic carbocycles. The molecule has 190 valence electrons. The summed E-state index contributed by atoms with van der Waals surface area (Å²) in [6, 6.07) is 7.52. The summed E-state index contributed by atoms with van der Waals surface area (Å²) in [5, 5.41) is 28.6.